The van der Waals surface area contributed by atoms with Gasteiger partial charge in [-0.1, -0.05) is 6.42 Å². The molecular weight excluding hydrogens is 242 g/mol. The molecule has 2 rings (SSSR count). The standard InChI is InChI=1S/C15H21NO3/c1-18-13-5-4-11(8-14(13)19-2)12(17)9-15(10-16)6-3-7-15/h4-5,8H,3,6-7,9-10,16H2,1-2H3. The van der Waals surface area contributed by atoms with E-state index in [9.17, 15) is 4.79 Å². The van der Waals surface area contributed by atoms with Gasteiger partial charge < -0.3 is 15.2 Å². The van der Waals surface area contributed by atoms with Crippen LogP contribution in [0.1, 0.15) is 36.0 Å². The molecule has 1 aliphatic carbocycles. The number of hydrogen-bond donors (Lipinski definition) is 1. The van der Waals surface area contributed by atoms with Crippen molar-refractivity contribution in [1.29, 1.82) is 0 Å². The zero-order valence-corrected chi connectivity index (χ0v) is 11.6. The average molecular weight is 263 g/mol. The summed E-state index contributed by atoms with van der Waals surface area (Å²) < 4.78 is 10.4. The molecule has 4 nitrogen and oxygen atoms in total. The van der Waals surface area contributed by atoms with E-state index in [1.54, 1.807) is 32.4 Å². The summed E-state index contributed by atoms with van der Waals surface area (Å²) in [5.41, 5.74) is 6.50. The van der Waals surface area contributed by atoms with Crippen LogP contribution in [0.15, 0.2) is 18.2 Å². The molecular formula is C15H21NO3. The zero-order valence-electron chi connectivity index (χ0n) is 11.6. The molecule has 1 saturated carbocycles. The summed E-state index contributed by atoms with van der Waals surface area (Å²) in [5, 5.41) is 0. The second kappa shape index (κ2) is 5.61. The van der Waals surface area contributed by atoms with Crippen LogP contribution in [-0.2, 0) is 0 Å². The molecule has 19 heavy (non-hydrogen) atoms. The summed E-state index contributed by atoms with van der Waals surface area (Å²) in [6.45, 7) is 0.589. The second-order valence-corrected chi connectivity index (χ2v) is 5.23. The Balaban J connectivity index is 2.15. The van der Waals surface area contributed by atoms with E-state index in [0.29, 0.717) is 30.0 Å². The predicted molar refractivity (Wildman–Crippen MR) is 73.8 cm³/mol. The van der Waals surface area contributed by atoms with E-state index < -0.39 is 0 Å². The van der Waals surface area contributed by atoms with Crippen LogP contribution in [0.2, 0.25) is 0 Å². The van der Waals surface area contributed by atoms with Crippen molar-refractivity contribution < 1.29 is 14.3 Å². The Kier molecular flexibility index (Phi) is 4.10. The number of nitrogens with two attached hydrogens (primary N) is 1. The third kappa shape index (κ3) is 2.73. The van der Waals surface area contributed by atoms with Crippen molar-refractivity contribution in [3.8, 4) is 11.5 Å². The quantitative estimate of drug-likeness (QED) is 0.801. The molecule has 0 heterocycles. The maximum Gasteiger partial charge on any atom is 0.163 e. The molecule has 1 aromatic rings. The number of carbonyl (C=O) groups is 1. The number of methoxy groups -OCH3 is 2. The summed E-state index contributed by atoms with van der Waals surface area (Å²) in [5.74, 6) is 1.35. The van der Waals surface area contributed by atoms with Crippen molar-refractivity contribution in [2.24, 2.45) is 11.1 Å². The minimum Gasteiger partial charge on any atom is -0.493 e. The Morgan fingerprint density at radius 3 is 2.42 bits per heavy atom. The summed E-state index contributed by atoms with van der Waals surface area (Å²) in [6, 6.07) is 5.29. The summed E-state index contributed by atoms with van der Waals surface area (Å²) in [4.78, 5) is 12.3. The Labute approximate surface area is 113 Å². The van der Waals surface area contributed by atoms with Gasteiger partial charge in [-0.05, 0) is 43.0 Å². The monoisotopic (exact) mass is 263 g/mol. The van der Waals surface area contributed by atoms with Gasteiger partial charge in [0.25, 0.3) is 0 Å². The van der Waals surface area contributed by atoms with Crippen molar-refractivity contribution in [3.63, 3.8) is 0 Å². The van der Waals surface area contributed by atoms with Gasteiger partial charge in [-0.15, -0.1) is 0 Å². The Morgan fingerprint density at radius 2 is 1.95 bits per heavy atom. The molecule has 0 spiro atoms. The van der Waals surface area contributed by atoms with E-state index in [2.05, 4.69) is 0 Å². The lowest BCUT2D eigenvalue weighted by atomic mass is 9.65. The Morgan fingerprint density at radius 1 is 1.26 bits per heavy atom. The van der Waals surface area contributed by atoms with Gasteiger partial charge in [0.1, 0.15) is 0 Å². The maximum atomic E-state index is 12.3. The molecule has 0 amide bonds. The van der Waals surface area contributed by atoms with Gasteiger partial charge in [0.05, 0.1) is 14.2 Å². The first-order valence-electron chi connectivity index (χ1n) is 6.59. The van der Waals surface area contributed by atoms with Crippen LogP contribution >= 0.6 is 0 Å². The second-order valence-electron chi connectivity index (χ2n) is 5.23. The molecule has 1 aliphatic rings. The molecule has 0 saturated heterocycles. The number of benzene rings is 1. The molecule has 0 aliphatic heterocycles. The summed E-state index contributed by atoms with van der Waals surface area (Å²) in [7, 11) is 3.15. The van der Waals surface area contributed by atoms with Gasteiger partial charge in [-0.2, -0.15) is 0 Å². The van der Waals surface area contributed by atoms with E-state index in [4.69, 9.17) is 15.2 Å². The zero-order chi connectivity index (χ0) is 13.9. The molecule has 1 fully saturated rings. The van der Waals surface area contributed by atoms with Crippen LogP contribution in [0.4, 0.5) is 0 Å². The van der Waals surface area contributed by atoms with Crippen LogP contribution < -0.4 is 15.2 Å². The largest absolute Gasteiger partial charge is 0.493 e. The first-order valence-corrected chi connectivity index (χ1v) is 6.59. The summed E-state index contributed by atoms with van der Waals surface area (Å²) >= 11 is 0. The topological polar surface area (TPSA) is 61.5 Å². The van der Waals surface area contributed by atoms with Gasteiger partial charge in [0, 0.05) is 12.0 Å². The van der Waals surface area contributed by atoms with Crippen LogP contribution in [-0.4, -0.2) is 26.5 Å². The fourth-order valence-electron chi connectivity index (χ4n) is 2.58. The van der Waals surface area contributed by atoms with Crippen molar-refractivity contribution in [1.82, 2.24) is 0 Å². The third-order valence-electron chi connectivity index (χ3n) is 4.09. The van der Waals surface area contributed by atoms with Crippen LogP contribution in [0.25, 0.3) is 0 Å². The van der Waals surface area contributed by atoms with Crippen molar-refractivity contribution in [2.75, 3.05) is 20.8 Å². The number of rotatable bonds is 6. The van der Waals surface area contributed by atoms with Crippen LogP contribution in [0.3, 0.4) is 0 Å². The lowest BCUT2D eigenvalue weighted by molar-refractivity contribution is 0.0785. The van der Waals surface area contributed by atoms with E-state index in [1.807, 2.05) is 0 Å². The minimum atomic E-state index is 0.0320. The lowest BCUT2D eigenvalue weighted by Crippen LogP contribution is -2.39. The van der Waals surface area contributed by atoms with E-state index >= 15 is 0 Å². The van der Waals surface area contributed by atoms with Gasteiger partial charge in [-0.3, -0.25) is 4.79 Å². The summed E-state index contributed by atoms with van der Waals surface area (Å²) in [6.07, 6.45) is 3.82. The van der Waals surface area contributed by atoms with Crippen molar-refractivity contribution in [3.05, 3.63) is 23.8 Å². The first-order chi connectivity index (χ1) is 9.14. The molecule has 4 heteroatoms. The van der Waals surface area contributed by atoms with Gasteiger partial charge in [-0.25, -0.2) is 0 Å². The highest BCUT2D eigenvalue weighted by molar-refractivity contribution is 5.97. The molecule has 0 aromatic heterocycles. The number of ketones is 1. The first kappa shape index (κ1) is 13.9. The normalized spacial score (nSPS) is 16.6. The van der Waals surface area contributed by atoms with Gasteiger partial charge >= 0.3 is 0 Å². The van der Waals surface area contributed by atoms with Crippen LogP contribution in [0.5, 0.6) is 11.5 Å². The van der Waals surface area contributed by atoms with Crippen molar-refractivity contribution >= 4 is 5.78 Å². The molecule has 1 aromatic carbocycles. The van der Waals surface area contributed by atoms with E-state index in [1.165, 1.54) is 6.42 Å². The number of carbonyl (C=O) groups excluding carboxylic acids is 1. The lowest BCUT2D eigenvalue weighted by Gasteiger charge is -2.40. The number of hydrogen-bond acceptors (Lipinski definition) is 4. The van der Waals surface area contributed by atoms with E-state index in [0.717, 1.165) is 12.8 Å². The number of ether oxygens (including phenoxy) is 2. The maximum absolute atomic E-state index is 12.3. The van der Waals surface area contributed by atoms with Gasteiger partial charge in [0.2, 0.25) is 0 Å². The molecule has 0 radical (unpaired) electrons. The SMILES string of the molecule is COc1ccc(C(=O)CC2(CN)CCC2)cc1OC. The highest BCUT2D eigenvalue weighted by atomic mass is 16.5. The predicted octanol–water partition coefficient (Wildman–Crippen LogP) is 2.41. The Hall–Kier alpha value is -1.55. The molecule has 2 N–H and O–H groups in total. The molecule has 0 bridgehead atoms. The fraction of sp³-hybridized carbons (Fsp3) is 0.533. The number of Topliss-reactive ketones (excluding diaryl/α,β-unsaturated/α-hetero) is 1. The smallest absolute Gasteiger partial charge is 0.163 e. The minimum absolute atomic E-state index is 0.0320. The average Bonchev–Trinajstić information content (AvgIpc) is 2.41. The Bertz CT molecular complexity index is 461. The molecule has 0 unspecified atom stereocenters. The van der Waals surface area contributed by atoms with Crippen LogP contribution in [0, 0.1) is 5.41 Å². The molecule has 104 valence electrons. The third-order valence-corrected chi connectivity index (χ3v) is 4.09. The van der Waals surface area contributed by atoms with Crippen molar-refractivity contribution in [2.45, 2.75) is 25.7 Å². The van der Waals surface area contributed by atoms with Gasteiger partial charge in [0.15, 0.2) is 17.3 Å². The highest BCUT2D eigenvalue weighted by Gasteiger charge is 2.37. The molecule has 0 atom stereocenters. The highest BCUT2D eigenvalue weighted by Crippen LogP contribution is 2.43. The van der Waals surface area contributed by atoms with E-state index in [-0.39, 0.29) is 11.2 Å². The fourth-order valence-corrected chi connectivity index (χ4v) is 2.58.